The third-order valence-electron chi connectivity index (χ3n) is 5.01. The Morgan fingerprint density at radius 2 is 2.04 bits per heavy atom. The number of benzene rings is 1. The molecule has 3 heterocycles. The van der Waals surface area contributed by atoms with Crippen LogP contribution in [-0.2, 0) is 0 Å². The lowest BCUT2D eigenvalue weighted by atomic mass is 10.2. The molecule has 0 saturated carbocycles. The lowest BCUT2D eigenvalue weighted by Gasteiger charge is -2.36. The van der Waals surface area contributed by atoms with Gasteiger partial charge in [-0.1, -0.05) is 6.07 Å². The highest BCUT2D eigenvalue weighted by molar-refractivity contribution is 5.85. The fraction of sp³-hybridized carbons (Fsp3) is 0.400. The van der Waals surface area contributed by atoms with Crippen molar-refractivity contribution in [2.24, 2.45) is 0 Å². The van der Waals surface area contributed by atoms with Crippen LogP contribution >= 0.6 is 0 Å². The summed E-state index contributed by atoms with van der Waals surface area (Å²) < 4.78 is 11.2. The number of ether oxygens (including phenoxy) is 2. The first-order valence-corrected chi connectivity index (χ1v) is 9.43. The number of aromatic amines is 1. The molecule has 2 aromatic heterocycles. The number of hydrogen-bond acceptors (Lipinski definition) is 7. The standard InChI is InChI=1S/C20H25N5O3/c1-27-19-11-21-14-23-20(19)25-9-7-24(8-10-25)12-15(26)13-28-18-4-2-3-17-16(18)5-6-22-17/h2-6,11,14-15,22,26H,7-10,12-13H2,1H3/t15-/m0/s1. The fourth-order valence-corrected chi connectivity index (χ4v) is 3.55. The molecule has 1 aromatic carbocycles. The van der Waals surface area contributed by atoms with Crippen molar-refractivity contribution in [1.29, 1.82) is 0 Å². The van der Waals surface area contributed by atoms with Gasteiger partial charge in [0.25, 0.3) is 0 Å². The van der Waals surface area contributed by atoms with E-state index in [2.05, 4.69) is 24.8 Å². The molecule has 1 saturated heterocycles. The average Bonchev–Trinajstić information content (AvgIpc) is 3.22. The number of rotatable bonds is 7. The van der Waals surface area contributed by atoms with Crippen LogP contribution in [0.25, 0.3) is 10.9 Å². The smallest absolute Gasteiger partial charge is 0.179 e. The van der Waals surface area contributed by atoms with E-state index in [4.69, 9.17) is 9.47 Å². The minimum absolute atomic E-state index is 0.268. The molecule has 2 N–H and O–H groups in total. The largest absolute Gasteiger partial charge is 0.491 e. The van der Waals surface area contributed by atoms with Crippen LogP contribution in [0.1, 0.15) is 0 Å². The Hall–Kier alpha value is -2.84. The zero-order valence-corrected chi connectivity index (χ0v) is 15.9. The molecule has 0 aliphatic carbocycles. The minimum Gasteiger partial charge on any atom is -0.491 e. The highest BCUT2D eigenvalue weighted by Crippen LogP contribution is 2.26. The minimum atomic E-state index is -0.547. The Morgan fingerprint density at radius 1 is 1.18 bits per heavy atom. The number of methoxy groups -OCH3 is 1. The van der Waals surface area contributed by atoms with Crippen LogP contribution in [0.2, 0.25) is 0 Å². The molecule has 4 rings (SSSR count). The van der Waals surface area contributed by atoms with E-state index in [0.717, 1.165) is 48.6 Å². The van der Waals surface area contributed by atoms with Gasteiger partial charge in [-0.25, -0.2) is 9.97 Å². The van der Waals surface area contributed by atoms with Gasteiger partial charge in [0, 0.05) is 49.8 Å². The highest BCUT2D eigenvalue weighted by atomic mass is 16.5. The maximum absolute atomic E-state index is 10.4. The molecule has 1 atom stereocenters. The molecular formula is C20H25N5O3. The second-order valence-electron chi connectivity index (χ2n) is 6.86. The molecular weight excluding hydrogens is 358 g/mol. The molecule has 1 aliphatic heterocycles. The number of nitrogens with one attached hydrogen (secondary N) is 1. The number of aliphatic hydroxyl groups excluding tert-OH is 1. The molecule has 0 unspecified atom stereocenters. The molecule has 8 nitrogen and oxygen atoms in total. The van der Waals surface area contributed by atoms with Gasteiger partial charge in [-0.05, 0) is 18.2 Å². The van der Waals surface area contributed by atoms with Crippen molar-refractivity contribution < 1.29 is 14.6 Å². The summed E-state index contributed by atoms with van der Waals surface area (Å²) in [4.78, 5) is 15.9. The maximum Gasteiger partial charge on any atom is 0.179 e. The summed E-state index contributed by atoms with van der Waals surface area (Å²) in [6, 6.07) is 7.86. The zero-order valence-electron chi connectivity index (χ0n) is 15.9. The summed E-state index contributed by atoms with van der Waals surface area (Å²) in [5.41, 5.74) is 1.03. The van der Waals surface area contributed by atoms with Gasteiger partial charge in [0.2, 0.25) is 0 Å². The average molecular weight is 383 g/mol. The van der Waals surface area contributed by atoms with E-state index in [1.807, 2.05) is 30.5 Å². The van der Waals surface area contributed by atoms with Crippen molar-refractivity contribution in [3.63, 3.8) is 0 Å². The van der Waals surface area contributed by atoms with E-state index in [1.165, 1.54) is 6.33 Å². The number of nitrogens with zero attached hydrogens (tertiary/aromatic N) is 4. The first-order chi connectivity index (χ1) is 13.7. The summed E-state index contributed by atoms with van der Waals surface area (Å²) in [6.45, 7) is 4.19. The topological polar surface area (TPSA) is 86.7 Å². The van der Waals surface area contributed by atoms with E-state index < -0.39 is 6.10 Å². The molecule has 148 valence electrons. The molecule has 3 aromatic rings. The van der Waals surface area contributed by atoms with Gasteiger partial charge in [-0.2, -0.15) is 0 Å². The van der Waals surface area contributed by atoms with Gasteiger partial charge in [-0.15, -0.1) is 0 Å². The second kappa shape index (κ2) is 8.45. The van der Waals surface area contributed by atoms with Crippen LogP contribution in [0, 0.1) is 0 Å². The molecule has 0 amide bonds. The Balaban J connectivity index is 1.27. The van der Waals surface area contributed by atoms with E-state index in [1.54, 1.807) is 13.3 Å². The summed E-state index contributed by atoms with van der Waals surface area (Å²) in [6.07, 6.45) is 4.56. The number of anilines is 1. The Kier molecular flexibility index (Phi) is 5.59. The van der Waals surface area contributed by atoms with Gasteiger partial charge < -0.3 is 24.5 Å². The van der Waals surface area contributed by atoms with E-state index in [9.17, 15) is 5.11 Å². The van der Waals surface area contributed by atoms with Gasteiger partial charge >= 0.3 is 0 Å². The Labute approximate surface area is 163 Å². The van der Waals surface area contributed by atoms with E-state index >= 15 is 0 Å². The maximum atomic E-state index is 10.4. The van der Waals surface area contributed by atoms with Crippen LogP contribution < -0.4 is 14.4 Å². The van der Waals surface area contributed by atoms with Crippen molar-refractivity contribution in [3.05, 3.63) is 43.0 Å². The number of hydrogen-bond donors (Lipinski definition) is 2. The Bertz CT molecular complexity index is 908. The number of piperazine rings is 1. The van der Waals surface area contributed by atoms with Crippen molar-refractivity contribution in [2.75, 3.05) is 51.3 Å². The van der Waals surface area contributed by atoms with Crippen molar-refractivity contribution in [1.82, 2.24) is 19.9 Å². The summed E-state index contributed by atoms with van der Waals surface area (Å²) in [5, 5.41) is 11.5. The van der Waals surface area contributed by atoms with E-state index in [0.29, 0.717) is 12.3 Å². The lowest BCUT2D eigenvalue weighted by molar-refractivity contribution is 0.0667. The first-order valence-electron chi connectivity index (χ1n) is 9.43. The summed E-state index contributed by atoms with van der Waals surface area (Å²) in [5.74, 6) is 2.29. The third-order valence-corrected chi connectivity index (χ3v) is 5.01. The molecule has 8 heteroatoms. The summed E-state index contributed by atoms with van der Waals surface area (Å²) in [7, 11) is 1.63. The number of aliphatic hydroxyl groups is 1. The molecule has 28 heavy (non-hydrogen) atoms. The van der Waals surface area contributed by atoms with E-state index in [-0.39, 0.29) is 6.61 Å². The van der Waals surface area contributed by atoms with Crippen molar-refractivity contribution in [2.45, 2.75) is 6.10 Å². The SMILES string of the molecule is COc1cncnc1N1CCN(C[C@H](O)COc2cccc3[nH]ccc23)CC1. The number of H-pyrrole nitrogens is 1. The first kappa shape index (κ1) is 18.5. The summed E-state index contributed by atoms with van der Waals surface area (Å²) >= 11 is 0. The number of fused-ring (bicyclic) bond motifs is 1. The quantitative estimate of drug-likeness (QED) is 0.640. The molecule has 1 fully saturated rings. The van der Waals surface area contributed by atoms with Crippen LogP contribution in [0.4, 0.5) is 5.82 Å². The van der Waals surface area contributed by atoms with Gasteiger partial charge in [-0.3, -0.25) is 4.90 Å². The molecule has 0 radical (unpaired) electrons. The van der Waals surface area contributed by atoms with Gasteiger partial charge in [0.05, 0.1) is 13.3 Å². The highest BCUT2D eigenvalue weighted by Gasteiger charge is 2.22. The normalized spacial score (nSPS) is 16.3. The van der Waals surface area contributed by atoms with Gasteiger partial charge in [0.15, 0.2) is 11.6 Å². The molecule has 1 aliphatic rings. The zero-order chi connectivity index (χ0) is 19.3. The van der Waals surface area contributed by atoms with Crippen LogP contribution in [0.15, 0.2) is 43.0 Å². The predicted octanol–water partition coefficient (Wildman–Crippen LogP) is 1.53. The number of aromatic nitrogens is 3. The molecule has 0 spiro atoms. The van der Waals surface area contributed by atoms with Gasteiger partial charge in [0.1, 0.15) is 24.8 Å². The van der Waals surface area contributed by atoms with Crippen LogP contribution in [0.3, 0.4) is 0 Å². The molecule has 0 bridgehead atoms. The van der Waals surface area contributed by atoms with Crippen LogP contribution in [-0.4, -0.2) is 77.5 Å². The monoisotopic (exact) mass is 383 g/mol. The number of β-amino-alcohol motifs (C(OH)–C–C–N with tert-alkyl or cyclic N) is 1. The lowest BCUT2D eigenvalue weighted by Crippen LogP contribution is -2.49. The van der Waals surface area contributed by atoms with Crippen molar-refractivity contribution in [3.8, 4) is 11.5 Å². The fourth-order valence-electron chi connectivity index (χ4n) is 3.55. The third kappa shape index (κ3) is 4.02. The Morgan fingerprint density at radius 3 is 2.86 bits per heavy atom. The van der Waals surface area contributed by atoms with Crippen molar-refractivity contribution >= 4 is 16.7 Å². The van der Waals surface area contributed by atoms with Crippen LogP contribution in [0.5, 0.6) is 11.5 Å². The predicted molar refractivity (Wildman–Crippen MR) is 107 cm³/mol. The second-order valence-corrected chi connectivity index (χ2v) is 6.86.